The molecule has 0 radical (unpaired) electrons. The highest BCUT2D eigenvalue weighted by Gasteiger charge is 2.29. The first-order valence-corrected chi connectivity index (χ1v) is 8.45. The van der Waals surface area contributed by atoms with Crippen LogP contribution >= 0.6 is 0 Å². The van der Waals surface area contributed by atoms with Crippen LogP contribution in [0.25, 0.3) is 17.1 Å². The molecule has 0 bridgehead atoms. The predicted octanol–water partition coefficient (Wildman–Crippen LogP) is 4.33. The normalized spacial score (nSPS) is 11.5. The Bertz CT molecular complexity index is 1070. The molecule has 0 fully saturated rings. The Labute approximate surface area is 158 Å². The van der Waals surface area contributed by atoms with Crippen LogP contribution in [0.4, 0.5) is 13.2 Å². The van der Waals surface area contributed by atoms with Crippen LogP contribution < -0.4 is 0 Å². The summed E-state index contributed by atoms with van der Waals surface area (Å²) in [6.45, 7) is 0. The third-order valence-corrected chi connectivity index (χ3v) is 4.24. The molecule has 0 aliphatic rings. The van der Waals surface area contributed by atoms with Crippen molar-refractivity contribution < 1.29 is 13.2 Å². The van der Waals surface area contributed by atoms with E-state index in [1.807, 2.05) is 24.3 Å². The van der Waals surface area contributed by atoms with Crippen LogP contribution in [0, 0.1) is 0 Å². The number of rotatable bonds is 4. The van der Waals surface area contributed by atoms with E-state index in [1.54, 1.807) is 24.5 Å². The minimum absolute atomic E-state index is 0.444. The maximum absolute atomic E-state index is 12.7. The average molecular weight is 381 g/mol. The Kier molecular flexibility index (Phi) is 4.60. The molecule has 0 aliphatic heterocycles. The fourth-order valence-corrected chi connectivity index (χ4v) is 2.83. The number of benzene rings is 2. The van der Waals surface area contributed by atoms with Crippen molar-refractivity contribution >= 4 is 0 Å². The number of hydrogen-bond acceptors (Lipinski definition) is 4. The fourth-order valence-electron chi connectivity index (χ4n) is 2.83. The van der Waals surface area contributed by atoms with Gasteiger partial charge in [0.2, 0.25) is 5.82 Å². The first kappa shape index (κ1) is 17.8. The quantitative estimate of drug-likeness (QED) is 0.528. The van der Waals surface area contributed by atoms with Gasteiger partial charge in [0.15, 0.2) is 0 Å². The molecule has 0 saturated carbocycles. The van der Waals surface area contributed by atoms with Crippen LogP contribution in [0.2, 0.25) is 0 Å². The van der Waals surface area contributed by atoms with E-state index in [0.717, 1.165) is 34.5 Å². The van der Waals surface area contributed by atoms with Crippen molar-refractivity contribution in [1.29, 1.82) is 0 Å². The first-order valence-electron chi connectivity index (χ1n) is 8.45. The summed E-state index contributed by atoms with van der Waals surface area (Å²) < 4.78 is 38.2. The van der Waals surface area contributed by atoms with E-state index >= 15 is 0 Å². The first-order chi connectivity index (χ1) is 13.5. The zero-order valence-electron chi connectivity index (χ0n) is 14.5. The minimum Gasteiger partial charge on any atom is -0.265 e. The lowest BCUT2D eigenvalue weighted by Crippen LogP contribution is -2.04. The molecule has 5 nitrogen and oxygen atoms in total. The van der Waals surface area contributed by atoms with Gasteiger partial charge in [0.05, 0.1) is 11.3 Å². The maximum atomic E-state index is 12.7. The number of hydrogen-bond donors (Lipinski definition) is 0. The molecule has 4 rings (SSSR count). The molecule has 0 saturated heterocycles. The standard InChI is InChI=1S/C20H14F3N5/c21-20(22,23)16-7-5-14(6-8-16)13-15-3-1-2-4-18(15)19-25-27-28(26-19)17-9-11-24-12-10-17/h1-12H,13H2. The number of alkyl halides is 3. The molecule has 8 heteroatoms. The van der Waals surface area contributed by atoms with E-state index in [-0.39, 0.29) is 0 Å². The lowest BCUT2D eigenvalue weighted by Gasteiger charge is -2.09. The van der Waals surface area contributed by atoms with Gasteiger partial charge in [0.25, 0.3) is 0 Å². The van der Waals surface area contributed by atoms with Crippen LogP contribution in [-0.4, -0.2) is 25.2 Å². The van der Waals surface area contributed by atoms with Crippen LogP contribution in [0.5, 0.6) is 0 Å². The van der Waals surface area contributed by atoms with Crippen LogP contribution in [0.1, 0.15) is 16.7 Å². The molecule has 0 aliphatic carbocycles. The van der Waals surface area contributed by atoms with Crippen molar-refractivity contribution in [3.63, 3.8) is 0 Å². The summed E-state index contributed by atoms with van der Waals surface area (Å²) in [6.07, 6.45) is -0.613. The van der Waals surface area contributed by atoms with Gasteiger partial charge in [-0.2, -0.15) is 13.2 Å². The highest BCUT2D eigenvalue weighted by molar-refractivity contribution is 5.60. The zero-order chi connectivity index (χ0) is 19.6. The second-order valence-corrected chi connectivity index (χ2v) is 6.14. The molecule has 2 aromatic heterocycles. The predicted molar refractivity (Wildman–Crippen MR) is 96.6 cm³/mol. The Morgan fingerprint density at radius 3 is 2.29 bits per heavy atom. The molecule has 0 atom stereocenters. The molecule has 2 heterocycles. The second kappa shape index (κ2) is 7.22. The van der Waals surface area contributed by atoms with Crippen molar-refractivity contribution in [1.82, 2.24) is 25.2 Å². The van der Waals surface area contributed by atoms with Gasteiger partial charge >= 0.3 is 6.18 Å². The molecule has 140 valence electrons. The van der Waals surface area contributed by atoms with Gasteiger partial charge in [0, 0.05) is 18.0 Å². The van der Waals surface area contributed by atoms with Crippen LogP contribution in [-0.2, 0) is 12.6 Å². The number of nitrogens with zero attached hydrogens (tertiary/aromatic N) is 5. The monoisotopic (exact) mass is 381 g/mol. The Morgan fingerprint density at radius 1 is 0.857 bits per heavy atom. The third kappa shape index (κ3) is 3.75. The molecule has 28 heavy (non-hydrogen) atoms. The van der Waals surface area contributed by atoms with E-state index in [4.69, 9.17) is 0 Å². The molecular weight excluding hydrogens is 367 g/mol. The summed E-state index contributed by atoms with van der Waals surface area (Å²) in [5.74, 6) is 0.444. The summed E-state index contributed by atoms with van der Waals surface area (Å²) in [5, 5.41) is 12.6. The number of tetrazole rings is 1. The van der Waals surface area contributed by atoms with Crippen LogP contribution in [0.15, 0.2) is 73.1 Å². The molecule has 2 aromatic carbocycles. The molecular formula is C20H14F3N5. The summed E-state index contributed by atoms with van der Waals surface area (Å²) in [6, 6.07) is 16.2. The van der Waals surface area contributed by atoms with Gasteiger partial charge in [-0.3, -0.25) is 4.98 Å². The molecule has 0 unspecified atom stereocenters. The van der Waals surface area contributed by atoms with Crippen molar-refractivity contribution in [3.05, 3.63) is 89.7 Å². The van der Waals surface area contributed by atoms with Gasteiger partial charge in [-0.25, -0.2) is 0 Å². The van der Waals surface area contributed by atoms with Crippen molar-refractivity contribution in [2.24, 2.45) is 0 Å². The summed E-state index contributed by atoms with van der Waals surface area (Å²) in [5.41, 5.74) is 2.52. The van der Waals surface area contributed by atoms with Gasteiger partial charge in [-0.1, -0.05) is 36.4 Å². The Morgan fingerprint density at radius 2 is 1.57 bits per heavy atom. The topological polar surface area (TPSA) is 56.5 Å². The smallest absolute Gasteiger partial charge is 0.265 e. The second-order valence-electron chi connectivity index (χ2n) is 6.14. The minimum atomic E-state index is -4.34. The summed E-state index contributed by atoms with van der Waals surface area (Å²) in [7, 11) is 0. The number of aromatic nitrogens is 5. The van der Waals surface area contributed by atoms with Crippen molar-refractivity contribution in [2.45, 2.75) is 12.6 Å². The van der Waals surface area contributed by atoms with E-state index in [2.05, 4.69) is 20.4 Å². The Hall–Kier alpha value is -3.55. The molecule has 0 N–H and O–H groups in total. The average Bonchev–Trinajstić information content (AvgIpc) is 3.19. The lowest BCUT2D eigenvalue weighted by atomic mass is 9.98. The lowest BCUT2D eigenvalue weighted by molar-refractivity contribution is -0.137. The van der Waals surface area contributed by atoms with Crippen LogP contribution in [0.3, 0.4) is 0 Å². The van der Waals surface area contributed by atoms with Gasteiger partial charge in [0.1, 0.15) is 0 Å². The third-order valence-electron chi connectivity index (χ3n) is 4.24. The van der Waals surface area contributed by atoms with Gasteiger partial charge < -0.3 is 0 Å². The zero-order valence-corrected chi connectivity index (χ0v) is 14.5. The van der Waals surface area contributed by atoms with Gasteiger partial charge in [-0.05, 0) is 47.0 Å². The summed E-state index contributed by atoms with van der Waals surface area (Å²) >= 11 is 0. The van der Waals surface area contributed by atoms with Crippen molar-refractivity contribution in [2.75, 3.05) is 0 Å². The van der Waals surface area contributed by atoms with E-state index in [9.17, 15) is 13.2 Å². The number of halogens is 3. The largest absolute Gasteiger partial charge is 0.416 e. The SMILES string of the molecule is FC(F)(F)c1ccc(Cc2ccccc2-c2nnn(-c3ccncc3)n2)cc1. The fraction of sp³-hybridized carbons (Fsp3) is 0.100. The molecule has 0 amide bonds. The number of pyridine rings is 1. The van der Waals surface area contributed by atoms with E-state index in [0.29, 0.717) is 12.2 Å². The van der Waals surface area contributed by atoms with Crippen molar-refractivity contribution in [3.8, 4) is 17.1 Å². The highest BCUT2D eigenvalue weighted by atomic mass is 19.4. The van der Waals surface area contributed by atoms with E-state index < -0.39 is 11.7 Å². The van der Waals surface area contributed by atoms with E-state index in [1.165, 1.54) is 16.9 Å². The molecule has 4 aromatic rings. The van der Waals surface area contributed by atoms with Gasteiger partial charge in [-0.15, -0.1) is 15.0 Å². The summed E-state index contributed by atoms with van der Waals surface area (Å²) in [4.78, 5) is 5.37. The molecule has 0 spiro atoms. The Balaban J connectivity index is 1.62. The highest BCUT2D eigenvalue weighted by Crippen LogP contribution is 2.30. The maximum Gasteiger partial charge on any atom is 0.416 e.